The monoisotopic (exact) mass is 417 g/mol. The molecule has 1 amide bonds. The summed E-state index contributed by atoms with van der Waals surface area (Å²) in [7, 11) is 0. The van der Waals surface area contributed by atoms with Crippen molar-refractivity contribution >= 4 is 45.4 Å². The smallest absolute Gasteiger partial charge is 0.349 e. The highest BCUT2D eigenvalue weighted by Crippen LogP contribution is 2.27. The van der Waals surface area contributed by atoms with Gasteiger partial charge in [-0.05, 0) is 26.0 Å². The van der Waals surface area contributed by atoms with E-state index in [9.17, 15) is 19.7 Å². The summed E-state index contributed by atoms with van der Waals surface area (Å²) in [5, 5.41) is 15.5. The zero-order valence-corrected chi connectivity index (χ0v) is 16.5. The molecular weight excluding hydrogens is 402 g/mol. The zero-order chi connectivity index (χ0) is 20.3. The number of nitro benzene ring substituents is 1. The number of anilines is 1. The molecule has 3 rings (SSSR count). The number of aromatic nitrogens is 1. The fraction of sp³-hybridized carbons (Fsp3) is 0.167. The van der Waals surface area contributed by atoms with Crippen LogP contribution < -0.4 is 5.32 Å². The number of nitrogens with zero attached hydrogens (tertiary/aromatic N) is 2. The third-order valence-electron chi connectivity index (χ3n) is 3.68. The Morgan fingerprint density at radius 1 is 1.29 bits per heavy atom. The molecule has 0 aliphatic rings. The summed E-state index contributed by atoms with van der Waals surface area (Å²) in [6.45, 7) is 3.35. The molecule has 2 heterocycles. The second-order valence-electron chi connectivity index (χ2n) is 5.79. The van der Waals surface area contributed by atoms with Crippen LogP contribution in [0.15, 0.2) is 41.8 Å². The number of nitro groups is 1. The van der Waals surface area contributed by atoms with Crippen LogP contribution in [0, 0.1) is 17.0 Å². The molecule has 1 atom stereocenters. The van der Waals surface area contributed by atoms with Crippen LogP contribution in [0.2, 0.25) is 0 Å². The molecule has 0 fully saturated rings. The third-order valence-corrected chi connectivity index (χ3v) is 5.42. The van der Waals surface area contributed by atoms with Crippen LogP contribution in [-0.2, 0) is 9.53 Å². The van der Waals surface area contributed by atoms with Gasteiger partial charge in [0.2, 0.25) is 0 Å². The van der Waals surface area contributed by atoms with Crippen molar-refractivity contribution in [2.24, 2.45) is 0 Å². The Kier molecular flexibility index (Phi) is 5.81. The van der Waals surface area contributed by atoms with Crippen molar-refractivity contribution < 1.29 is 19.2 Å². The van der Waals surface area contributed by atoms with E-state index in [0.717, 1.165) is 4.88 Å². The number of hydrogen-bond acceptors (Lipinski definition) is 8. The van der Waals surface area contributed by atoms with Gasteiger partial charge < -0.3 is 4.74 Å². The van der Waals surface area contributed by atoms with Crippen LogP contribution >= 0.6 is 22.7 Å². The van der Waals surface area contributed by atoms with Crippen LogP contribution in [0.5, 0.6) is 0 Å². The van der Waals surface area contributed by atoms with Gasteiger partial charge in [0.25, 0.3) is 11.6 Å². The van der Waals surface area contributed by atoms with Gasteiger partial charge in [0.1, 0.15) is 4.88 Å². The molecule has 28 heavy (non-hydrogen) atoms. The Bertz CT molecular complexity index is 1040. The van der Waals surface area contributed by atoms with E-state index in [1.54, 1.807) is 29.6 Å². The van der Waals surface area contributed by atoms with Crippen molar-refractivity contribution in [1.29, 1.82) is 0 Å². The molecule has 0 unspecified atom stereocenters. The van der Waals surface area contributed by atoms with E-state index in [4.69, 9.17) is 4.74 Å². The molecule has 3 aromatic rings. The molecule has 0 radical (unpaired) electrons. The standard InChI is InChI=1S/C18H15N3O5S2/c1-10-6-7-15(28-10)17(23)26-11(2)16(22)20-18-19-14(9-27-18)12-4-3-5-13(8-12)21(24)25/h3-9,11H,1-2H3,(H,19,20,22)/t11-/m0/s1. The summed E-state index contributed by atoms with van der Waals surface area (Å²) in [5.74, 6) is -1.07. The van der Waals surface area contributed by atoms with Gasteiger partial charge in [-0.25, -0.2) is 9.78 Å². The lowest BCUT2D eigenvalue weighted by atomic mass is 10.1. The Morgan fingerprint density at radius 3 is 2.75 bits per heavy atom. The number of non-ortho nitro benzene ring substituents is 1. The molecule has 0 bridgehead atoms. The largest absolute Gasteiger partial charge is 0.448 e. The SMILES string of the molecule is Cc1ccc(C(=O)O[C@@H](C)C(=O)Nc2nc(-c3cccc([N+](=O)[O-])c3)cs2)s1. The van der Waals surface area contributed by atoms with E-state index in [0.29, 0.717) is 21.3 Å². The van der Waals surface area contributed by atoms with Crippen LogP contribution in [0.4, 0.5) is 10.8 Å². The maximum Gasteiger partial charge on any atom is 0.349 e. The number of benzene rings is 1. The molecular formula is C18H15N3O5S2. The van der Waals surface area contributed by atoms with Crippen LogP contribution in [0.3, 0.4) is 0 Å². The van der Waals surface area contributed by atoms with Gasteiger partial charge in [0.05, 0.1) is 10.6 Å². The normalized spacial score (nSPS) is 11.6. The predicted molar refractivity (Wildman–Crippen MR) is 107 cm³/mol. The minimum Gasteiger partial charge on any atom is -0.448 e. The average molecular weight is 417 g/mol. The zero-order valence-electron chi connectivity index (χ0n) is 14.9. The van der Waals surface area contributed by atoms with Crippen LogP contribution in [0.25, 0.3) is 11.3 Å². The molecule has 1 N–H and O–H groups in total. The number of carbonyl (C=O) groups excluding carboxylic acids is 2. The van der Waals surface area contributed by atoms with Gasteiger partial charge in [-0.2, -0.15) is 0 Å². The quantitative estimate of drug-likeness (QED) is 0.364. The number of esters is 1. The first-order valence-electron chi connectivity index (χ1n) is 8.12. The average Bonchev–Trinajstić information content (AvgIpc) is 3.31. The van der Waals surface area contributed by atoms with E-state index in [2.05, 4.69) is 10.3 Å². The topological polar surface area (TPSA) is 111 Å². The third kappa shape index (κ3) is 4.59. The van der Waals surface area contributed by atoms with Crippen molar-refractivity contribution in [1.82, 2.24) is 4.98 Å². The number of aryl methyl sites for hydroxylation is 1. The van der Waals surface area contributed by atoms with E-state index in [-0.39, 0.29) is 5.69 Å². The number of carbonyl (C=O) groups is 2. The van der Waals surface area contributed by atoms with Crippen LogP contribution in [-0.4, -0.2) is 27.9 Å². The van der Waals surface area contributed by atoms with Crippen molar-refractivity contribution in [3.8, 4) is 11.3 Å². The summed E-state index contributed by atoms with van der Waals surface area (Å²) in [4.78, 5) is 40.4. The number of thiazole rings is 1. The highest BCUT2D eigenvalue weighted by molar-refractivity contribution is 7.14. The Hall–Kier alpha value is -3.11. The van der Waals surface area contributed by atoms with Crippen LogP contribution in [0.1, 0.15) is 21.5 Å². The summed E-state index contributed by atoms with van der Waals surface area (Å²) in [6.07, 6.45) is -1.000. The number of rotatable bonds is 6. The highest BCUT2D eigenvalue weighted by atomic mass is 32.1. The summed E-state index contributed by atoms with van der Waals surface area (Å²) < 4.78 is 5.18. The minimum absolute atomic E-state index is 0.0413. The number of amides is 1. The fourth-order valence-corrected chi connectivity index (χ4v) is 3.74. The van der Waals surface area contributed by atoms with E-state index in [1.807, 2.05) is 6.92 Å². The van der Waals surface area contributed by atoms with Gasteiger partial charge in [-0.15, -0.1) is 22.7 Å². The maximum absolute atomic E-state index is 12.3. The minimum atomic E-state index is -1.000. The second-order valence-corrected chi connectivity index (χ2v) is 7.94. The fourth-order valence-electron chi connectivity index (χ4n) is 2.27. The molecule has 0 saturated heterocycles. The highest BCUT2D eigenvalue weighted by Gasteiger charge is 2.21. The van der Waals surface area contributed by atoms with Crippen molar-refractivity contribution in [3.05, 3.63) is 61.6 Å². The molecule has 10 heteroatoms. The van der Waals surface area contributed by atoms with Gasteiger partial charge in [-0.3, -0.25) is 20.2 Å². The summed E-state index contributed by atoms with van der Waals surface area (Å²) >= 11 is 2.46. The molecule has 0 saturated carbocycles. The van der Waals surface area contributed by atoms with E-state index >= 15 is 0 Å². The molecule has 144 valence electrons. The molecule has 8 nitrogen and oxygen atoms in total. The lowest BCUT2D eigenvalue weighted by molar-refractivity contribution is -0.384. The number of hydrogen-bond donors (Lipinski definition) is 1. The molecule has 0 aliphatic carbocycles. The number of thiophene rings is 1. The summed E-state index contributed by atoms with van der Waals surface area (Å²) in [5.41, 5.74) is 1.03. The van der Waals surface area contributed by atoms with Gasteiger partial charge >= 0.3 is 5.97 Å². The second kappa shape index (κ2) is 8.28. The summed E-state index contributed by atoms with van der Waals surface area (Å²) in [6, 6.07) is 9.52. The van der Waals surface area contributed by atoms with Crippen molar-refractivity contribution in [2.75, 3.05) is 5.32 Å². The maximum atomic E-state index is 12.3. The van der Waals surface area contributed by atoms with E-state index in [1.165, 1.54) is 41.7 Å². The van der Waals surface area contributed by atoms with Gasteiger partial charge in [0.15, 0.2) is 11.2 Å². The molecule has 2 aromatic heterocycles. The van der Waals surface area contributed by atoms with Gasteiger partial charge in [-0.1, -0.05) is 12.1 Å². The first-order chi connectivity index (χ1) is 13.3. The Balaban J connectivity index is 1.64. The predicted octanol–water partition coefficient (Wildman–Crippen LogP) is 4.27. The van der Waals surface area contributed by atoms with Crippen molar-refractivity contribution in [3.63, 3.8) is 0 Å². The lowest BCUT2D eigenvalue weighted by Gasteiger charge is -2.11. The first-order valence-corrected chi connectivity index (χ1v) is 9.82. The molecule has 0 spiro atoms. The number of ether oxygens (including phenoxy) is 1. The lowest BCUT2D eigenvalue weighted by Crippen LogP contribution is -2.29. The molecule has 0 aliphatic heterocycles. The number of nitrogens with one attached hydrogen (secondary N) is 1. The first kappa shape index (κ1) is 19.6. The van der Waals surface area contributed by atoms with Crippen molar-refractivity contribution in [2.45, 2.75) is 20.0 Å². The van der Waals surface area contributed by atoms with Gasteiger partial charge in [0, 0.05) is 28.0 Å². The van der Waals surface area contributed by atoms with E-state index < -0.39 is 22.9 Å². The Labute approximate surface area is 168 Å². The molecule has 1 aromatic carbocycles. The Morgan fingerprint density at radius 2 is 2.07 bits per heavy atom.